The van der Waals surface area contributed by atoms with E-state index >= 15 is 0 Å². The minimum Gasteiger partial charge on any atom is -0.396 e. The predicted octanol–water partition coefficient (Wildman–Crippen LogP) is 5.06. The van der Waals surface area contributed by atoms with Crippen molar-refractivity contribution >= 4 is 28.5 Å². The summed E-state index contributed by atoms with van der Waals surface area (Å²) in [6.45, 7) is 4.16. The van der Waals surface area contributed by atoms with Crippen molar-refractivity contribution in [2.45, 2.75) is 25.2 Å². The first kappa shape index (κ1) is 19.3. The number of aromatic nitrogens is 3. The van der Waals surface area contributed by atoms with E-state index in [9.17, 15) is 8.78 Å². The van der Waals surface area contributed by atoms with Gasteiger partial charge in [0.2, 0.25) is 0 Å². The Morgan fingerprint density at radius 3 is 2.70 bits per heavy atom. The third-order valence-electron chi connectivity index (χ3n) is 4.15. The fraction of sp³-hybridized carbons (Fsp3) is 0.316. The molecule has 2 aromatic heterocycles. The zero-order valence-electron chi connectivity index (χ0n) is 15.5. The van der Waals surface area contributed by atoms with Gasteiger partial charge in [0, 0.05) is 17.5 Å². The van der Waals surface area contributed by atoms with Gasteiger partial charge < -0.3 is 9.40 Å². The van der Waals surface area contributed by atoms with Crippen LogP contribution in [0.3, 0.4) is 0 Å². The highest BCUT2D eigenvalue weighted by atomic mass is 32.2. The van der Waals surface area contributed by atoms with Crippen LogP contribution in [0.1, 0.15) is 31.5 Å². The minimum atomic E-state index is -2.53. The highest BCUT2D eigenvalue weighted by Gasteiger charge is 2.18. The molecule has 142 valence electrons. The maximum Gasteiger partial charge on any atom is 0.263 e. The first-order chi connectivity index (χ1) is 13.0. The number of imidazole rings is 1. The maximum absolute atomic E-state index is 13.0. The Morgan fingerprint density at radius 1 is 1.26 bits per heavy atom. The first-order valence-electron chi connectivity index (χ1n) is 8.43. The second-order valence-electron chi connectivity index (χ2n) is 5.89. The van der Waals surface area contributed by atoms with Crippen LogP contribution in [0.25, 0.3) is 22.6 Å². The van der Waals surface area contributed by atoms with Crippen molar-refractivity contribution < 1.29 is 13.6 Å². The molecule has 0 fully saturated rings. The molecule has 0 spiro atoms. The van der Waals surface area contributed by atoms with Gasteiger partial charge in [-0.15, -0.1) is 11.8 Å². The average molecular weight is 390 g/mol. The van der Waals surface area contributed by atoms with Gasteiger partial charge in [0.1, 0.15) is 18.0 Å². The number of halogens is 2. The third-order valence-corrected chi connectivity index (χ3v) is 4.92. The maximum atomic E-state index is 13.0. The van der Waals surface area contributed by atoms with Crippen LogP contribution < -0.4 is 0 Å². The number of rotatable bonds is 6. The van der Waals surface area contributed by atoms with Crippen molar-refractivity contribution in [3.8, 4) is 11.5 Å². The smallest absolute Gasteiger partial charge is 0.263 e. The van der Waals surface area contributed by atoms with Gasteiger partial charge in [-0.25, -0.2) is 18.7 Å². The molecule has 0 aliphatic heterocycles. The zero-order valence-corrected chi connectivity index (χ0v) is 16.3. The quantitative estimate of drug-likeness (QED) is 0.336. The van der Waals surface area contributed by atoms with Crippen LogP contribution in [0.5, 0.6) is 0 Å². The SMILES string of the molecule is CCO/N=C(\C)c1ccc(SC)c(-c2nc3cc(C(F)F)ccc3n2C)n1. The molecule has 27 heavy (non-hydrogen) atoms. The lowest BCUT2D eigenvalue weighted by Crippen LogP contribution is -2.04. The normalized spacial score (nSPS) is 12.2. The third kappa shape index (κ3) is 3.80. The Hall–Kier alpha value is -2.48. The molecule has 0 saturated carbocycles. The molecule has 3 rings (SSSR count). The van der Waals surface area contributed by atoms with Gasteiger partial charge in [0.15, 0.2) is 5.82 Å². The number of alkyl halides is 2. The van der Waals surface area contributed by atoms with Crippen LogP contribution in [0.4, 0.5) is 8.78 Å². The molecule has 0 atom stereocenters. The highest BCUT2D eigenvalue weighted by molar-refractivity contribution is 7.98. The molecular weight excluding hydrogens is 370 g/mol. The molecule has 1 aromatic carbocycles. The summed E-state index contributed by atoms with van der Waals surface area (Å²) in [4.78, 5) is 15.3. The summed E-state index contributed by atoms with van der Waals surface area (Å²) in [5.74, 6) is 0.617. The van der Waals surface area contributed by atoms with Gasteiger partial charge >= 0.3 is 0 Å². The fourth-order valence-electron chi connectivity index (χ4n) is 2.75. The Bertz CT molecular complexity index is 1000. The number of oxime groups is 1. The summed E-state index contributed by atoms with van der Waals surface area (Å²) >= 11 is 1.55. The van der Waals surface area contributed by atoms with Crippen molar-refractivity contribution in [3.63, 3.8) is 0 Å². The highest BCUT2D eigenvalue weighted by Crippen LogP contribution is 2.31. The molecule has 0 bridgehead atoms. The lowest BCUT2D eigenvalue weighted by atomic mass is 10.2. The van der Waals surface area contributed by atoms with Gasteiger partial charge in [-0.3, -0.25) is 0 Å². The summed E-state index contributed by atoms with van der Waals surface area (Å²) in [5, 5.41) is 4.04. The number of benzene rings is 1. The molecule has 0 saturated heterocycles. The molecule has 0 unspecified atom stereocenters. The molecule has 0 aliphatic rings. The molecule has 2 heterocycles. The molecule has 0 radical (unpaired) electrons. The standard InChI is InChI=1S/C19H20F2N4OS/c1-5-26-24-11(2)13-7-9-16(27-4)17(22-13)19-23-14-10-12(18(20)21)6-8-15(14)25(19)3/h6-10,18H,5H2,1-4H3/b24-11+. The van der Waals surface area contributed by atoms with Gasteiger partial charge in [0.25, 0.3) is 6.43 Å². The summed E-state index contributed by atoms with van der Waals surface area (Å²) in [5.41, 5.74) is 3.26. The number of hydrogen-bond donors (Lipinski definition) is 0. The van der Waals surface area contributed by atoms with Gasteiger partial charge in [0.05, 0.1) is 16.7 Å². The molecule has 3 aromatic rings. The van der Waals surface area contributed by atoms with E-state index in [0.717, 1.165) is 10.4 Å². The van der Waals surface area contributed by atoms with Crippen molar-refractivity contribution in [1.29, 1.82) is 0 Å². The second-order valence-corrected chi connectivity index (χ2v) is 6.73. The number of hydrogen-bond acceptors (Lipinski definition) is 5. The monoisotopic (exact) mass is 390 g/mol. The molecule has 0 amide bonds. The first-order valence-corrected chi connectivity index (χ1v) is 9.65. The van der Waals surface area contributed by atoms with Crippen LogP contribution in [-0.2, 0) is 11.9 Å². The van der Waals surface area contributed by atoms with E-state index < -0.39 is 6.43 Å². The predicted molar refractivity (Wildman–Crippen MR) is 105 cm³/mol. The van der Waals surface area contributed by atoms with E-state index in [-0.39, 0.29) is 5.56 Å². The summed E-state index contributed by atoms with van der Waals surface area (Å²) in [6, 6.07) is 8.35. The molecule has 5 nitrogen and oxygen atoms in total. The number of nitrogens with zero attached hydrogens (tertiary/aromatic N) is 4. The van der Waals surface area contributed by atoms with E-state index in [1.807, 2.05) is 43.9 Å². The van der Waals surface area contributed by atoms with Crippen LogP contribution in [0.15, 0.2) is 40.4 Å². The lowest BCUT2D eigenvalue weighted by Gasteiger charge is -2.09. The van der Waals surface area contributed by atoms with Crippen molar-refractivity contribution in [3.05, 3.63) is 41.6 Å². The van der Waals surface area contributed by atoms with E-state index in [1.54, 1.807) is 17.8 Å². The van der Waals surface area contributed by atoms with Gasteiger partial charge in [-0.1, -0.05) is 11.2 Å². The van der Waals surface area contributed by atoms with Gasteiger partial charge in [-0.05, 0) is 44.4 Å². The topological polar surface area (TPSA) is 52.3 Å². The molecule has 0 aliphatic carbocycles. The lowest BCUT2D eigenvalue weighted by molar-refractivity contribution is 0.151. The van der Waals surface area contributed by atoms with Crippen LogP contribution >= 0.6 is 11.8 Å². The Morgan fingerprint density at radius 2 is 2.04 bits per heavy atom. The Kier molecular flexibility index (Phi) is 5.74. The number of pyridine rings is 1. The summed E-state index contributed by atoms with van der Waals surface area (Å²) in [7, 11) is 1.85. The average Bonchev–Trinajstić information content (AvgIpc) is 3.01. The fourth-order valence-corrected chi connectivity index (χ4v) is 3.28. The van der Waals surface area contributed by atoms with E-state index in [1.165, 1.54) is 12.1 Å². The van der Waals surface area contributed by atoms with Crippen LogP contribution in [-0.4, -0.2) is 33.1 Å². The van der Waals surface area contributed by atoms with Crippen molar-refractivity contribution in [2.75, 3.05) is 12.9 Å². The Labute approximate surface area is 160 Å². The molecule has 8 heteroatoms. The van der Waals surface area contributed by atoms with Crippen molar-refractivity contribution in [2.24, 2.45) is 12.2 Å². The second kappa shape index (κ2) is 8.04. The molecule has 0 N–H and O–H groups in total. The number of aryl methyl sites for hydroxylation is 1. The Balaban J connectivity index is 2.15. The van der Waals surface area contributed by atoms with E-state index in [0.29, 0.717) is 35.0 Å². The molecular formula is C19H20F2N4OS. The number of thioether (sulfide) groups is 1. The zero-order chi connectivity index (χ0) is 19.6. The minimum absolute atomic E-state index is 0.0429. The summed E-state index contributed by atoms with van der Waals surface area (Å²) in [6.07, 6.45) is -0.570. The van der Waals surface area contributed by atoms with Crippen LogP contribution in [0.2, 0.25) is 0 Å². The largest absolute Gasteiger partial charge is 0.396 e. The van der Waals surface area contributed by atoms with Crippen LogP contribution in [0, 0.1) is 0 Å². The van der Waals surface area contributed by atoms with Gasteiger partial charge in [-0.2, -0.15) is 0 Å². The van der Waals surface area contributed by atoms with E-state index in [2.05, 4.69) is 10.1 Å². The van der Waals surface area contributed by atoms with Crippen molar-refractivity contribution in [1.82, 2.24) is 14.5 Å². The van der Waals surface area contributed by atoms with E-state index in [4.69, 9.17) is 9.82 Å². The summed E-state index contributed by atoms with van der Waals surface area (Å²) < 4.78 is 27.9. The number of fused-ring (bicyclic) bond motifs is 1.